The van der Waals surface area contributed by atoms with E-state index in [1.807, 2.05) is 20.8 Å². The van der Waals surface area contributed by atoms with Crippen LogP contribution in [0.25, 0.3) is 0 Å². The summed E-state index contributed by atoms with van der Waals surface area (Å²) in [6.07, 6.45) is 0. The van der Waals surface area contributed by atoms with Crippen molar-refractivity contribution in [2.75, 3.05) is 10.6 Å². The van der Waals surface area contributed by atoms with E-state index in [-0.39, 0.29) is 16.2 Å². The topological polar surface area (TPSA) is 87.4 Å². The summed E-state index contributed by atoms with van der Waals surface area (Å²) >= 11 is 5.90. The number of rotatable bonds is 2. The van der Waals surface area contributed by atoms with Crippen LogP contribution in [0, 0.1) is 0 Å². The Balaban J connectivity index is 2.03. The van der Waals surface area contributed by atoms with Crippen LogP contribution < -0.4 is 10.6 Å². The largest absolute Gasteiger partial charge is 0.508 e. The summed E-state index contributed by atoms with van der Waals surface area (Å²) < 4.78 is 5.17. The molecule has 112 valence electrons. The first-order chi connectivity index (χ1) is 9.75. The van der Waals surface area contributed by atoms with Gasteiger partial charge in [-0.1, -0.05) is 37.5 Å². The average Bonchev–Trinajstić information content (AvgIpc) is 2.81. The predicted octanol–water partition coefficient (Wildman–Crippen LogP) is 3.98. The lowest BCUT2D eigenvalue weighted by Crippen LogP contribution is -2.19. The Hall–Kier alpha value is -2.21. The van der Waals surface area contributed by atoms with Gasteiger partial charge in [0.1, 0.15) is 11.5 Å². The number of hydrogen-bond acceptors (Lipinski definition) is 4. The van der Waals surface area contributed by atoms with Gasteiger partial charge in [-0.05, 0) is 12.1 Å². The van der Waals surface area contributed by atoms with E-state index in [0.29, 0.717) is 17.3 Å². The molecule has 2 amide bonds. The highest BCUT2D eigenvalue weighted by atomic mass is 35.5. The summed E-state index contributed by atoms with van der Waals surface area (Å²) in [5.74, 6) is 1.00. The molecule has 0 aliphatic rings. The Bertz CT molecular complexity index is 662. The first-order valence-electron chi connectivity index (χ1n) is 6.29. The van der Waals surface area contributed by atoms with E-state index >= 15 is 0 Å². The van der Waals surface area contributed by atoms with Gasteiger partial charge >= 0.3 is 6.03 Å². The molecule has 3 N–H and O–H groups in total. The third-order valence-corrected chi connectivity index (χ3v) is 3.00. The van der Waals surface area contributed by atoms with Crippen LogP contribution >= 0.6 is 11.6 Å². The smallest absolute Gasteiger partial charge is 0.324 e. The normalized spacial score (nSPS) is 11.2. The second-order valence-corrected chi connectivity index (χ2v) is 5.98. The number of aromatic hydroxyl groups is 1. The molecule has 0 aliphatic heterocycles. The van der Waals surface area contributed by atoms with E-state index in [1.54, 1.807) is 6.07 Å². The summed E-state index contributed by atoms with van der Waals surface area (Å²) in [4.78, 5) is 11.9. The van der Waals surface area contributed by atoms with Crippen LogP contribution in [-0.2, 0) is 5.41 Å². The molecule has 0 fully saturated rings. The zero-order valence-corrected chi connectivity index (χ0v) is 12.7. The lowest BCUT2D eigenvalue weighted by atomic mass is 9.93. The molecular weight excluding hydrogens is 294 g/mol. The fraction of sp³-hybridized carbons (Fsp3) is 0.286. The minimum Gasteiger partial charge on any atom is -0.508 e. The molecule has 0 spiro atoms. The number of phenolic OH excluding ortho intramolecular Hbond substituents is 1. The molecule has 0 unspecified atom stereocenters. The molecule has 0 atom stereocenters. The third kappa shape index (κ3) is 3.88. The van der Waals surface area contributed by atoms with Gasteiger partial charge in [0.15, 0.2) is 5.82 Å². The van der Waals surface area contributed by atoms with Crippen LogP contribution in [0.3, 0.4) is 0 Å². The fourth-order valence-electron chi connectivity index (χ4n) is 1.56. The Kier molecular flexibility index (Phi) is 4.09. The highest BCUT2D eigenvalue weighted by molar-refractivity contribution is 6.34. The van der Waals surface area contributed by atoms with E-state index in [0.717, 1.165) is 0 Å². The average molecular weight is 310 g/mol. The predicted molar refractivity (Wildman–Crippen MR) is 81.0 cm³/mol. The number of urea groups is 1. The number of carbonyl (C=O) groups excluding carboxylic acids is 1. The number of anilines is 2. The number of nitrogens with one attached hydrogen (secondary N) is 2. The maximum Gasteiger partial charge on any atom is 0.324 e. The van der Waals surface area contributed by atoms with Gasteiger partial charge in [0.05, 0.1) is 10.7 Å². The molecule has 1 aromatic heterocycles. The van der Waals surface area contributed by atoms with E-state index in [4.69, 9.17) is 16.1 Å². The van der Waals surface area contributed by atoms with E-state index < -0.39 is 6.03 Å². The number of amides is 2. The molecule has 2 aromatic rings. The molecular formula is C14H16ClN3O3. The van der Waals surface area contributed by atoms with Gasteiger partial charge in [-0.3, -0.25) is 5.32 Å². The van der Waals surface area contributed by atoms with Crippen LogP contribution in [0.1, 0.15) is 26.5 Å². The fourth-order valence-corrected chi connectivity index (χ4v) is 1.78. The summed E-state index contributed by atoms with van der Waals surface area (Å²) in [5.41, 5.74) is 0.190. The van der Waals surface area contributed by atoms with Crippen molar-refractivity contribution >= 4 is 29.1 Å². The van der Waals surface area contributed by atoms with E-state index in [9.17, 15) is 9.90 Å². The Labute approximate surface area is 127 Å². The van der Waals surface area contributed by atoms with E-state index in [2.05, 4.69) is 15.8 Å². The lowest BCUT2D eigenvalue weighted by molar-refractivity contribution is 0.262. The Morgan fingerprint density at radius 2 is 2.00 bits per heavy atom. The molecule has 0 saturated heterocycles. The number of hydrogen-bond donors (Lipinski definition) is 3. The molecule has 0 saturated carbocycles. The molecule has 1 heterocycles. The first-order valence-corrected chi connectivity index (χ1v) is 6.67. The quantitative estimate of drug-likeness (QED) is 0.732. The number of carbonyl (C=O) groups is 1. The van der Waals surface area contributed by atoms with Crippen LogP contribution in [0.4, 0.5) is 16.3 Å². The van der Waals surface area contributed by atoms with Crippen LogP contribution in [0.15, 0.2) is 28.8 Å². The van der Waals surface area contributed by atoms with Crippen molar-refractivity contribution in [2.24, 2.45) is 0 Å². The SMILES string of the molecule is CC(C)(C)c1cc(NC(=O)Nc2ccc(O)cc2Cl)no1. The monoisotopic (exact) mass is 309 g/mol. The van der Waals surface area contributed by atoms with Crippen molar-refractivity contribution in [3.63, 3.8) is 0 Å². The van der Waals surface area contributed by atoms with Crippen molar-refractivity contribution in [3.8, 4) is 5.75 Å². The summed E-state index contributed by atoms with van der Waals surface area (Å²) in [6.45, 7) is 5.94. The Morgan fingerprint density at radius 1 is 1.29 bits per heavy atom. The lowest BCUT2D eigenvalue weighted by Gasteiger charge is -2.12. The molecule has 2 rings (SSSR count). The standard InChI is InChI=1S/C14H16ClN3O3/c1-14(2,3)11-7-12(18-21-11)17-13(20)16-10-5-4-8(19)6-9(10)15/h4-7,19H,1-3H3,(H2,16,17,18,20). The minimum absolute atomic E-state index is 0.0253. The number of halogens is 1. The van der Waals surface area contributed by atoms with Gasteiger partial charge in [-0.15, -0.1) is 0 Å². The zero-order valence-electron chi connectivity index (χ0n) is 11.9. The highest BCUT2D eigenvalue weighted by Crippen LogP contribution is 2.27. The van der Waals surface area contributed by atoms with Crippen LogP contribution in [-0.4, -0.2) is 16.3 Å². The van der Waals surface area contributed by atoms with Crippen LogP contribution in [0.5, 0.6) is 5.75 Å². The van der Waals surface area contributed by atoms with E-state index in [1.165, 1.54) is 18.2 Å². The van der Waals surface area contributed by atoms with Gasteiger partial charge in [-0.25, -0.2) is 4.79 Å². The number of aromatic nitrogens is 1. The van der Waals surface area contributed by atoms with Crippen molar-refractivity contribution in [1.82, 2.24) is 5.16 Å². The van der Waals surface area contributed by atoms with Gasteiger partial charge < -0.3 is 14.9 Å². The number of nitrogens with zero attached hydrogens (tertiary/aromatic N) is 1. The van der Waals surface area contributed by atoms with Crippen molar-refractivity contribution in [2.45, 2.75) is 26.2 Å². The molecule has 7 heteroatoms. The third-order valence-electron chi connectivity index (χ3n) is 2.69. The molecule has 0 aliphatic carbocycles. The van der Waals surface area contributed by atoms with Gasteiger partial charge in [-0.2, -0.15) is 0 Å². The van der Waals surface area contributed by atoms with Crippen molar-refractivity contribution < 1.29 is 14.4 Å². The van der Waals surface area contributed by atoms with Crippen molar-refractivity contribution in [3.05, 3.63) is 35.0 Å². The molecule has 1 aromatic carbocycles. The second kappa shape index (κ2) is 5.65. The molecule has 0 radical (unpaired) electrons. The summed E-state index contributed by atoms with van der Waals surface area (Å²) in [5, 5.41) is 18.4. The maximum absolute atomic E-state index is 11.9. The maximum atomic E-state index is 11.9. The van der Waals surface area contributed by atoms with Crippen LogP contribution in [0.2, 0.25) is 5.02 Å². The van der Waals surface area contributed by atoms with Gasteiger partial charge in [0.2, 0.25) is 0 Å². The first kappa shape index (κ1) is 15.2. The van der Waals surface area contributed by atoms with Crippen molar-refractivity contribution in [1.29, 1.82) is 0 Å². The molecule has 0 bridgehead atoms. The number of phenols is 1. The molecule has 21 heavy (non-hydrogen) atoms. The zero-order chi connectivity index (χ0) is 15.6. The number of benzene rings is 1. The minimum atomic E-state index is -0.503. The van der Waals surface area contributed by atoms with Gasteiger partial charge in [0.25, 0.3) is 0 Å². The molecule has 6 nitrogen and oxygen atoms in total. The second-order valence-electron chi connectivity index (χ2n) is 5.57. The summed E-state index contributed by atoms with van der Waals surface area (Å²) in [6, 6.07) is 5.43. The summed E-state index contributed by atoms with van der Waals surface area (Å²) in [7, 11) is 0. The van der Waals surface area contributed by atoms with Gasteiger partial charge in [0, 0.05) is 17.5 Å². The highest BCUT2D eigenvalue weighted by Gasteiger charge is 2.20. The Morgan fingerprint density at radius 3 is 2.57 bits per heavy atom.